The van der Waals surface area contributed by atoms with Gasteiger partial charge in [-0.3, -0.25) is 0 Å². The summed E-state index contributed by atoms with van der Waals surface area (Å²) in [6.07, 6.45) is 0.976. The van der Waals surface area contributed by atoms with Crippen LogP contribution in [0.25, 0.3) is 0 Å². The summed E-state index contributed by atoms with van der Waals surface area (Å²) in [5, 5.41) is 8.75. The molecule has 0 aliphatic rings. The van der Waals surface area contributed by atoms with E-state index in [1.807, 2.05) is 13.1 Å². The molecule has 96 valence electrons. The Morgan fingerprint density at radius 1 is 1.18 bits per heavy atom. The molecule has 0 unspecified atom stereocenters. The SMILES string of the molecule is Cc1ccc(OCCCN(C)CCO)cc1C. The van der Waals surface area contributed by atoms with E-state index < -0.39 is 0 Å². The fraction of sp³-hybridized carbons (Fsp3) is 0.571. The van der Waals surface area contributed by atoms with E-state index in [9.17, 15) is 0 Å². The number of hydrogen-bond acceptors (Lipinski definition) is 3. The third kappa shape index (κ3) is 5.20. The van der Waals surface area contributed by atoms with Crippen LogP contribution in [0.1, 0.15) is 17.5 Å². The van der Waals surface area contributed by atoms with Gasteiger partial charge < -0.3 is 14.7 Å². The Morgan fingerprint density at radius 3 is 2.59 bits per heavy atom. The molecule has 1 rings (SSSR count). The second kappa shape index (κ2) is 7.30. The normalized spacial score (nSPS) is 10.9. The number of aryl methyl sites for hydroxylation is 2. The second-order valence-electron chi connectivity index (χ2n) is 4.47. The van der Waals surface area contributed by atoms with Crippen LogP contribution >= 0.6 is 0 Å². The molecule has 0 saturated carbocycles. The van der Waals surface area contributed by atoms with Crippen molar-refractivity contribution in [2.75, 3.05) is 33.4 Å². The number of rotatable bonds is 7. The lowest BCUT2D eigenvalue weighted by Crippen LogP contribution is -2.24. The molecule has 3 nitrogen and oxygen atoms in total. The maximum Gasteiger partial charge on any atom is 0.119 e. The number of ether oxygens (including phenoxy) is 1. The first kappa shape index (κ1) is 14.0. The molecule has 0 amide bonds. The van der Waals surface area contributed by atoms with Gasteiger partial charge in [0.1, 0.15) is 5.75 Å². The molecule has 1 N–H and O–H groups in total. The van der Waals surface area contributed by atoms with Crippen LogP contribution in [0.3, 0.4) is 0 Å². The molecule has 0 heterocycles. The number of aliphatic hydroxyl groups excluding tert-OH is 1. The molecule has 0 spiro atoms. The molecule has 0 aliphatic heterocycles. The van der Waals surface area contributed by atoms with Crippen LogP contribution in [0.5, 0.6) is 5.75 Å². The van der Waals surface area contributed by atoms with Gasteiger partial charge in [-0.15, -0.1) is 0 Å². The number of likely N-dealkylation sites (N-methyl/N-ethyl adjacent to an activating group) is 1. The minimum Gasteiger partial charge on any atom is -0.494 e. The van der Waals surface area contributed by atoms with Crippen LogP contribution in [-0.4, -0.2) is 43.4 Å². The van der Waals surface area contributed by atoms with Gasteiger partial charge in [0.15, 0.2) is 0 Å². The van der Waals surface area contributed by atoms with E-state index >= 15 is 0 Å². The summed E-state index contributed by atoms with van der Waals surface area (Å²) in [4.78, 5) is 2.10. The van der Waals surface area contributed by atoms with Crippen LogP contribution < -0.4 is 4.74 Å². The molecular weight excluding hydrogens is 214 g/mol. The molecular formula is C14H23NO2. The van der Waals surface area contributed by atoms with E-state index in [4.69, 9.17) is 9.84 Å². The molecule has 1 aromatic rings. The fourth-order valence-corrected chi connectivity index (χ4v) is 1.61. The first-order chi connectivity index (χ1) is 8.13. The van der Waals surface area contributed by atoms with E-state index in [-0.39, 0.29) is 6.61 Å². The highest BCUT2D eigenvalue weighted by atomic mass is 16.5. The molecule has 0 fully saturated rings. The smallest absolute Gasteiger partial charge is 0.119 e. The fourth-order valence-electron chi connectivity index (χ4n) is 1.61. The third-order valence-electron chi connectivity index (χ3n) is 2.91. The standard InChI is InChI=1S/C14H23NO2/c1-12-5-6-14(11-13(12)2)17-10-4-7-15(3)8-9-16/h5-6,11,16H,4,7-10H2,1-3H3. The Balaban J connectivity index is 2.24. The van der Waals surface area contributed by atoms with Crippen molar-refractivity contribution in [1.82, 2.24) is 4.90 Å². The highest BCUT2D eigenvalue weighted by Gasteiger charge is 1.99. The van der Waals surface area contributed by atoms with Crippen molar-refractivity contribution in [2.24, 2.45) is 0 Å². The van der Waals surface area contributed by atoms with Crippen LogP contribution in [-0.2, 0) is 0 Å². The van der Waals surface area contributed by atoms with Gasteiger partial charge in [0.2, 0.25) is 0 Å². The zero-order valence-electron chi connectivity index (χ0n) is 11.1. The van der Waals surface area contributed by atoms with Gasteiger partial charge in [0, 0.05) is 13.1 Å². The molecule has 0 saturated heterocycles. The second-order valence-corrected chi connectivity index (χ2v) is 4.47. The maximum atomic E-state index is 8.75. The predicted octanol–water partition coefficient (Wildman–Crippen LogP) is 2.00. The van der Waals surface area contributed by atoms with Crippen molar-refractivity contribution in [2.45, 2.75) is 20.3 Å². The highest BCUT2D eigenvalue weighted by molar-refractivity contribution is 5.33. The molecule has 0 aromatic heterocycles. The molecule has 3 heteroatoms. The lowest BCUT2D eigenvalue weighted by molar-refractivity contribution is 0.207. The minimum atomic E-state index is 0.217. The van der Waals surface area contributed by atoms with E-state index in [1.165, 1.54) is 11.1 Å². The number of hydrogen-bond donors (Lipinski definition) is 1. The Hall–Kier alpha value is -1.06. The summed E-state index contributed by atoms with van der Waals surface area (Å²) in [7, 11) is 2.01. The Kier molecular flexibility index (Phi) is 6.01. The van der Waals surface area contributed by atoms with E-state index in [0.717, 1.165) is 31.9 Å². The van der Waals surface area contributed by atoms with E-state index in [0.29, 0.717) is 0 Å². The van der Waals surface area contributed by atoms with Gasteiger partial charge in [-0.1, -0.05) is 6.07 Å². The van der Waals surface area contributed by atoms with Crippen molar-refractivity contribution < 1.29 is 9.84 Å². The first-order valence-corrected chi connectivity index (χ1v) is 6.13. The lowest BCUT2D eigenvalue weighted by atomic mass is 10.1. The van der Waals surface area contributed by atoms with Gasteiger partial charge in [-0.25, -0.2) is 0 Å². The first-order valence-electron chi connectivity index (χ1n) is 6.13. The summed E-state index contributed by atoms with van der Waals surface area (Å²) in [5.74, 6) is 0.943. The van der Waals surface area contributed by atoms with Gasteiger partial charge in [0.05, 0.1) is 13.2 Å². The lowest BCUT2D eigenvalue weighted by Gasteiger charge is -2.15. The van der Waals surface area contributed by atoms with Crippen molar-refractivity contribution >= 4 is 0 Å². The molecule has 0 aliphatic carbocycles. The van der Waals surface area contributed by atoms with Crippen molar-refractivity contribution in [1.29, 1.82) is 0 Å². The van der Waals surface area contributed by atoms with Crippen molar-refractivity contribution in [3.05, 3.63) is 29.3 Å². The topological polar surface area (TPSA) is 32.7 Å². The minimum absolute atomic E-state index is 0.217. The largest absolute Gasteiger partial charge is 0.494 e. The average molecular weight is 237 g/mol. The molecule has 0 bridgehead atoms. The zero-order chi connectivity index (χ0) is 12.7. The molecule has 1 aromatic carbocycles. The quantitative estimate of drug-likeness (QED) is 0.736. The van der Waals surface area contributed by atoms with Gasteiger partial charge in [-0.05, 0) is 50.6 Å². The van der Waals surface area contributed by atoms with Crippen molar-refractivity contribution in [3.63, 3.8) is 0 Å². The highest BCUT2D eigenvalue weighted by Crippen LogP contribution is 2.16. The number of nitrogens with zero attached hydrogens (tertiary/aromatic N) is 1. The van der Waals surface area contributed by atoms with Gasteiger partial charge in [0.25, 0.3) is 0 Å². The molecule has 0 radical (unpaired) electrons. The zero-order valence-corrected chi connectivity index (χ0v) is 11.1. The van der Waals surface area contributed by atoms with Crippen LogP contribution in [0, 0.1) is 13.8 Å². The van der Waals surface area contributed by atoms with Crippen LogP contribution in [0.2, 0.25) is 0 Å². The van der Waals surface area contributed by atoms with E-state index in [2.05, 4.69) is 30.9 Å². The van der Waals surface area contributed by atoms with Gasteiger partial charge in [-0.2, -0.15) is 0 Å². The Morgan fingerprint density at radius 2 is 1.94 bits per heavy atom. The van der Waals surface area contributed by atoms with Gasteiger partial charge >= 0.3 is 0 Å². The Bertz CT molecular complexity index is 339. The number of benzene rings is 1. The number of aliphatic hydroxyl groups is 1. The summed E-state index contributed by atoms with van der Waals surface area (Å²) in [6, 6.07) is 6.18. The monoisotopic (exact) mass is 237 g/mol. The summed E-state index contributed by atoms with van der Waals surface area (Å²) in [6.45, 7) is 6.81. The average Bonchev–Trinajstić information content (AvgIpc) is 2.29. The van der Waals surface area contributed by atoms with E-state index in [1.54, 1.807) is 0 Å². The molecule has 0 atom stereocenters. The maximum absolute atomic E-state index is 8.75. The Labute approximate surface area is 104 Å². The summed E-state index contributed by atoms with van der Waals surface area (Å²) in [5.41, 5.74) is 2.56. The summed E-state index contributed by atoms with van der Waals surface area (Å²) >= 11 is 0. The molecule has 17 heavy (non-hydrogen) atoms. The third-order valence-corrected chi connectivity index (χ3v) is 2.91. The summed E-state index contributed by atoms with van der Waals surface area (Å²) < 4.78 is 5.68. The van der Waals surface area contributed by atoms with Crippen LogP contribution in [0.15, 0.2) is 18.2 Å². The van der Waals surface area contributed by atoms with Crippen LogP contribution in [0.4, 0.5) is 0 Å². The predicted molar refractivity (Wildman–Crippen MR) is 70.6 cm³/mol. The van der Waals surface area contributed by atoms with Crippen molar-refractivity contribution in [3.8, 4) is 5.75 Å².